The lowest BCUT2D eigenvalue weighted by Gasteiger charge is -2.11. The van der Waals surface area contributed by atoms with E-state index in [0.29, 0.717) is 17.3 Å². The molecule has 0 radical (unpaired) electrons. The van der Waals surface area contributed by atoms with Crippen molar-refractivity contribution >= 4 is 28.9 Å². The summed E-state index contributed by atoms with van der Waals surface area (Å²) in [5.74, 6) is -0.220. The van der Waals surface area contributed by atoms with Gasteiger partial charge in [0.05, 0.1) is 35.9 Å². The van der Waals surface area contributed by atoms with Crippen molar-refractivity contribution < 1.29 is 14.6 Å². The van der Waals surface area contributed by atoms with Crippen molar-refractivity contribution in [1.82, 2.24) is 20.0 Å². The number of ether oxygens (including phenoxy) is 1. The van der Waals surface area contributed by atoms with Crippen LogP contribution < -0.4 is 4.74 Å². The summed E-state index contributed by atoms with van der Waals surface area (Å²) in [7, 11) is 0. The van der Waals surface area contributed by atoms with Crippen LogP contribution in [0.15, 0.2) is 24.4 Å². The Morgan fingerprint density at radius 1 is 1.33 bits per heavy atom. The van der Waals surface area contributed by atoms with E-state index in [4.69, 9.17) is 21.4 Å². The van der Waals surface area contributed by atoms with Crippen LogP contribution in [0.2, 0.25) is 5.02 Å². The second-order valence-corrected chi connectivity index (χ2v) is 7.62. The Balaban J connectivity index is 1.83. The quantitative estimate of drug-likeness (QED) is 0.629. The van der Waals surface area contributed by atoms with Gasteiger partial charge in [0.1, 0.15) is 10.8 Å². The third-order valence-corrected chi connectivity index (χ3v) is 5.14. The number of carboxylic acid groups (broad SMARTS) is 1. The third kappa shape index (κ3) is 4.45. The van der Waals surface area contributed by atoms with Crippen molar-refractivity contribution in [2.24, 2.45) is 0 Å². The average Bonchev–Trinajstić information content (AvgIpc) is 3.21. The molecule has 9 heteroatoms. The summed E-state index contributed by atoms with van der Waals surface area (Å²) in [6.45, 7) is 6.10. The maximum absolute atomic E-state index is 10.8. The van der Waals surface area contributed by atoms with E-state index >= 15 is 0 Å². The number of hydrogen-bond acceptors (Lipinski definition) is 6. The van der Waals surface area contributed by atoms with Gasteiger partial charge in [0.2, 0.25) is 0 Å². The highest BCUT2D eigenvalue weighted by molar-refractivity contribution is 7.17. The molecule has 0 atom stereocenters. The molecule has 2 aromatic heterocycles. The Labute approximate surface area is 165 Å². The Morgan fingerprint density at radius 3 is 2.74 bits per heavy atom. The lowest BCUT2D eigenvalue weighted by molar-refractivity contribution is -0.137. The zero-order valence-electron chi connectivity index (χ0n) is 15.1. The number of benzene rings is 1. The standard InChI is InChI=1S/C18H19ClN4O3S/c1-10(2)26-15-5-4-12(8-14(15)19)17-21-22-18(27-17)13-9-20-23(11(13)3)7-6-16(24)25/h4-5,8-10H,6-7H2,1-3H3,(H,24,25). The fraction of sp³-hybridized carbons (Fsp3) is 0.333. The Bertz CT molecular complexity index is 967. The second kappa shape index (κ2) is 8.06. The van der Waals surface area contributed by atoms with E-state index in [-0.39, 0.29) is 12.5 Å². The fourth-order valence-electron chi connectivity index (χ4n) is 2.52. The van der Waals surface area contributed by atoms with Gasteiger partial charge in [-0.15, -0.1) is 10.2 Å². The van der Waals surface area contributed by atoms with Crippen molar-refractivity contribution in [1.29, 1.82) is 0 Å². The molecule has 3 aromatic rings. The van der Waals surface area contributed by atoms with Gasteiger partial charge in [0.15, 0.2) is 5.01 Å². The molecule has 1 aromatic carbocycles. The SMILES string of the molecule is Cc1c(-c2nnc(-c3ccc(OC(C)C)c(Cl)c3)s2)cnn1CCC(=O)O. The van der Waals surface area contributed by atoms with E-state index in [1.807, 2.05) is 39.0 Å². The van der Waals surface area contributed by atoms with Gasteiger partial charge in [-0.3, -0.25) is 9.48 Å². The summed E-state index contributed by atoms with van der Waals surface area (Å²) in [4.78, 5) is 10.8. The normalized spacial score (nSPS) is 11.1. The van der Waals surface area contributed by atoms with Crippen LogP contribution in [-0.4, -0.2) is 37.2 Å². The van der Waals surface area contributed by atoms with E-state index in [2.05, 4.69) is 15.3 Å². The molecule has 0 saturated heterocycles. The molecule has 0 saturated carbocycles. The van der Waals surface area contributed by atoms with Gasteiger partial charge in [0, 0.05) is 11.3 Å². The zero-order chi connectivity index (χ0) is 19.6. The minimum Gasteiger partial charge on any atom is -0.489 e. The molecular weight excluding hydrogens is 388 g/mol. The van der Waals surface area contributed by atoms with Gasteiger partial charge in [-0.25, -0.2) is 0 Å². The van der Waals surface area contributed by atoms with Crippen LogP contribution in [0.3, 0.4) is 0 Å². The second-order valence-electron chi connectivity index (χ2n) is 6.23. The zero-order valence-corrected chi connectivity index (χ0v) is 16.7. The van der Waals surface area contributed by atoms with Gasteiger partial charge < -0.3 is 9.84 Å². The smallest absolute Gasteiger partial charge is 0.305 e. The Kier molecular flexibility index (Phi) is 5.76. The molecule has 0 aliphatic rings. The van der Waals surface area contributed by atoms with Gasteiger partial charge in [0.25, 0.3) is 0 Å². The third-order valence-electron chi connectivity index (χ3n) is 3.84. The van der Waals surface area contributed by atoms with E-state index in [1.54, 1.807) is 10.9 Å². The summed E-state index contributed by atoms with van der Waals surface area (Å²) in [5.41, 5.74) is 2.56. The lowest BCUT2D eigenvalue weighted by atomic mass is 10.2. The fourth-order valence-corrected chi connectivity index (χ4v) is 3.64. The number of carbonyl (C=O) groups is 1. The van der Waals surface area contributed by atoms with Gasteiger partial charge in [-0.05, 0) is 39.0 Å². The highest BCUT2D eigenvalue weighted by Gasteiger charge is 2.16. The summed E-state index contributed by atoms with van der Waals surface area (Å²) in [6, 6.07) is 5.54. The van der Waals surface area contributed by atoms with Crippen LogP contribution in [0.25, 0.3) is 21.1 Å². The number of hydrogen-bond donors (Lipinski definition) is 1. The predicted octanol–water partition coefficient (Wildman–Crippen LogP) is 4.29. The molecule has 2 heterocycles. The lowest BCUT2D eigenvalue weighted by Crippen LogP contribution is -2.07. The Morgan fingerprint density at radius 2 is 2.07 bits per heavy atom. The number of carboxylic acids is 1. The van der Waals surface area contributed by atoms with Crippen molar-refractivity contribution in [2.75, 3.05) is 0 Å². The monoisotopic (exact) mass is 406 g/mol. The van der Waals surface area contributed by atoms with E-state index in [1.165, 1.54) is 11.3 Å². The summed E-state index contributed by atoms with van der Waals surface area (Å²) >= 11 is 7.73. The summed E-state index contributed by atoms with van der Waals surface area (Å²) in [6.07, 6.45) is 1.75. The first-order valence-electron chi connectivity index (χ1n) is 8.39. The van der Waals surface area contributed by atoms with Gasteiger partial charge in [-0.2, -0.15) is 5.10 Å². The molecular formula is C18H19ClN4O3S. The van der Waals surface area contributed by atoms with Gasteiger partial charge >= 0.3 is 5.97 Å². The molecule has 0 spiro atoms. The minimum absolute atomic E-state index is 0.0205. The molecule has 142 valence electrons. The molecule has 0 aliphatic heterocycles. The average molecular weight is 407 g/mol. The first kappa shape index (κ1) is 19.3. The molecule has 0 fully saturated rings. The maximum Gasteiger partial charge on any atom is 0.305 e. The topological polar surface area (TPSA) is 90.1 Å². The van der Waals surface area contributed by atoms with Crippen molar-refractivity contribution in [2.45, 2.75) is 39.8 Å². The molecule has 3 rings (SSSR count). The van der Waals surface area contributed by atoms with E-state index < -0.39 is 5.97 Å². The number of aromatic nitrogens is 4. The Hall–Kier alpha value is -2.45. The molecule has 7 nitrogen and oxygen atoms in total. The van der Waals surface area contributed by atoms with Crippen LogP contribution in [0.5, 0.6) is 5.75 Å². The molecule has 0 bridgehead atoms. The van der Waals surface area contributed by atoms with Crippen LogP contribution in [0.1, 0.15) is 26.0 Å². The molecule has 1 N–H and O–H groups in total. The summed E-state index contributed by atoms with van der Waals surface area (Å²) in [5, 5.41) is 23.6. The van der Waals surface area contributed by atoms with Crippen LogP contribution in [-0.2, 0) is 11.3 Å². The van der Waals surface area contributed by atoms with E-state index in [9.17, 15) is 4.79 Å². The summed E-state index contributed by atoms with van der Waals surface area (Å²) < 4.78 is 7.32. The van der Waals surface area contributed by atoms with E-state index in [0.717, 1.165) is 26.8 Å². The molecule has 0 unspecified atom stereocenters. The number of halogens is 1. The van der Waals surface area contributed by atoms with Crippen LogP contribution >= 0.6 is 22.9 Å². The number of aryl methyl sites for hydroxylation is 1. The predicted molar refractivity (Wildman–Crippen MR) is 104 cm³/mol. The number of rotatable bonds is 7. The minimum atomic E-state index is -0.855. The highest BCUT2D eigenvalue weighted by atomic mass is 35.5. The van der Waals surface area contributed by atoms with Crippen molar-refractivity contribution in [3.8, 4) is 26.9 Å². The van der Waals surface area contributed by atoms with Crippen LogP contribution in [0.4, 0.5) is 0 Å². The molecule has 0 aliphatic carbocycles. The number of nitrogens with zero attached hydrogens (tertiary/aromatic N) is 4. The molecule has 27 heavy (non-hydrogen) atoms. The number of aliphatic carboxylic acids is 1. The first-order valence-corrected chi connectivity index (χ1v) is 9.59. The van der Waals surface area contributed by atoms with Crippen LogP contribution in [0, 0.1) is 6.92 Å². The maximum atomic E-state index is 10.8. The van der Waals surface area contributed by atoms with Crippen molar-refractivity contribution in [3.05, 3.63) is 35.1 Å². The van der Waals surface area contributed by atoms with Gasteiger partial charge in [-0.1, -0.05) is 22.9 Å². The van der Waals surface area contributed by atoms with Crippen molar-refractivity contribution in [3.63, 3.8) is 0 Å². The molecule has 0 amide bonds. The highest BCUT2D eigenvalue weighted by Crippen LogP contribution is 2.35. The largest absolute Gasteiger partial charge is 0.489 e. The first-order chi connectivity index (χ1) is 12.8.